The molecule has 0 aliphatic rings. The van der Waals surface area contributed by atoms with Crippen LogP contribution in [-0.2, 0) is 12.4 Å². The summed E-state index contributed by atoms with van der Waals surface area (Å²) in [4.78, 5) is 12.6. The third kappa shape index (κ3) is 5.00. The number of aromatic nitrogens is 2. The summed E-state index contributed by atoms with van der Waals surface area (Å²) in [5.41, 5.74) is 3.01. The lowest BCUT2D eigenvalue weighted by molar-refractivity contribution is -0.138. The van der Waals surface area contributed by atoms with Crippen LogP contribution in [-0.4, -0.2) is 9.97 Å². The summed E-state index contributed by atoms with van der Waals surface area (Å²) in [6, 6.07) is 21.6. The normalized spacial score (nSPS) is 12.2. The smallest absolute Gasteiger partial charge is 0.252 e. The quantitative estimate of drug-likeness (QED) is 0.193. The third-order valence-electron chi connectivity index (χ3n) is 6.36. The minimum absolute atomic E-state index is 0.672. The molecule has 0 atom stereocenters. The number of alkyl halides is 6. The van der Waals surface area contributed by atoms with E-state index in [0.717, 1.165) is 54.9 Å². The molecule has 10 heteroatoms. The molecule has 0 unspecified atom stereocenters. The second-order valence-corrected chi connectivity index (χ2v) is 11.1. The molecular weight excluding hydrogens is 566 g/mol. The molecule has 3 heterocycles. The van der Waals surface area contributed by atoms with Crippen molar-refractivity contribution in [3.05, 3.63) is 108 Å². The summed E-state index contributed by atoms with van der Waals surface area (Å²) < 4.78 is 77.7. The minimum atomic E-state index is -4.39. The van der Waals surface area contributed by atoms with E-state index in [0.29, 0.717) is 22.2 Å². The van der Waals surface area contributed by atoms with Gasteiger partial charge in [0.1, 0.15) is 0 Å². The Bertz CT molecular complexity index is 1680. The number of nitrogens with zero attached hydrogens (tertiary/aromatic N) is 2. The van der Waals surface area contributed by atoms with Crippen LogP contribution in [0.5, 0.6) is 0 Å². The summed E-state index contributed by atoms with van der Waals surface area (Å²) >= 11 is 2.89. The van der Waals surface area contributed by atoms with E-state index in [1.807, 2.05) is 36.4 Å². The van der Waals surface area contributed by atoms with Crippen molar-refractivity contribution in [2.75, 3.05) is 0 Å². The number of hydrogen-bond acceptors (Lipinski definition) is 4. The van der Waals surface area contributed by atoms with Gasteiger partial charge in [0.25, 0.3) is 0 Å². The van der Waals surface area contributed by atoms with Gasteiger partial charge in [-0.05, 0) is 59.7 Å². The van der Waals surface area contributed by atoms with E-state index in [2.05, 4.69) is 9.97 Å². The van der Waals surface area contributed by atoms with Crippen LogP contribution in [0.1, 0.15) is 11.1 Å². The molecule has 0 bridgehead atoms. The number of rotatable bonds is 4. The molecule has 3 aromatic carbocycles. The van der Waals surface area contributed by atoms with Gasteiger partial charge in [0.15, 0.2) is 0 Å². The Hall–Kier alpha value is -4.02. The second kappa shape index (κ2) is 9.87. The first kappa shape index (κ1) is 26.2. The summed E-state index contributed by atoms with van der Waals surface area (Å²) in [7, 11) is 0. The molecule has 200 valence electrons. The van der Waals surface area contributed by atoms with Crippen LogP contribution in [0.3, 0.4) is 0 Å². The molecule has 0 amide bonds. The summed E-state index contributed by atoms with van der Waals surface area (Å²) in [5.74, 6) is 0. The first-order valence-corrected chi connectivity index (χ1v) is 13.5. The largest absolute Gasteiger partial charge is 0.416 e. The third-order valence-corrected chi connectivity index (χ3v) is 8.70. The molecule has 0 spiro atoms. The van der Waals surface area contributed by atoms with Crippen LogP contribution in [0.2, 0.25) is 0 Å². The van der Waals surface area contributed by atoms with Crippen molar-refractivity contribution in [3.63, 3.8) is 0 Å². The van der Waals surface area contributed by atoms with Gasteiger partial charge in [-0.3, -0.25) is 9.97 Å². The maximum Gasteiger partial charge on any atom is 0.416 e. The zero-order valence-electron chi connectivity index (χ0n) is 20.2. The van der Waals surface area contributed by atoms with Crippen molar-refractivity contribution in [2.24, 2.45) is 0 Å². The van der Waals surface area contributed by atoms with Crippen LogP contribution >= 0.6 is 22.7 Å². The lowest BCUT2D eigenvalue weighted by Crippen LogP contribution is -2.03. The average Bonchev–Trinajstić information content (AvgIpc) is 3.62. The highest BCUT2D eigenvalue weighted by molar-refractivity contribution is 7.19. The van der Waals surface area contributed by atoms with Crippen molar-refractivity contribution in [3.8, 4) is 41.8 Å². The number of hydrogen-bond donors (Lipinski definition) is 0. The van der Waals surface area contributed by atoms with Gasteiger partial charge in [0.2, 0.25) is 0 Å². The highest BCUT2D eigenvalue weighted by atomic mass is 32.1. The maximum absolute atomic E-state index is 12.9. The van der Waals surface area contributed by atoms with Crippen LogP contribution in [0.25, 0.3) is 52.8 Å². The summed E-state index contributed by atoms with van der Waals surface area (Å²) in [5, 5.41) is 0. The highest BCUT2D eigenvalue weighted by Crippen LogP contribution is 2.42. The van der Waals surface area contributed by atoms with E-state index < -0.39 is 23.5 Å². The highest BCUT2D eigenvalue weighted by Gasteiger charge is 2.31. The molecule has 0 radical (unpaired) electrons. The molecule has 0 saturated carbocycles. The fourth-order valence-corrected chi connectivity index (χ4v) is 6.45. The van der Waals surface area contributed by atoms with E-state index in [9.17, 15) is 26.3 Å². The van der Waals surface area contributed by atoms with Crippen molar-refractivity contribution in [1.29, 1.82) is 0 Å². The molecule has 40 heavy (non-hydrogen) atoms. The summed E-state index contributed by atoms with van der Waals surface area (Å²) in [6.45, 7) is 0. The molecule has 0 aliphatic heterocycles. The number of benzene rings is 3. The molecule has 0 saturated heterocycles. The first-order valence-electron chi connectivity index (χ1n) is 11.9. The van der Waals surface area contributed by atoms with Gasteiger partial charge < -0.3 is 0 Å². The average molecular weight is 583 g/mol. The van der Waals surface area contributed by atoms with E-state index in [4.69, 9.17) is 0 Å². The molecule has 0 aliphatic carbocycles. The molecule has 6 aromatic rings. The molecule has 2 nitrogen and oxygen atoms in total. The first-order chi connectivity index (χ1) is 19.1. The van der Waals surface area contributed by atoms with Gasteiger partial charge in [-0.2, -0.15) is 26.3 Å². The van der Waals surface area contributed by atoms with Gasteiger partial charge in [-0.15, -0.1) is 22.7 Å². The molecule has 3 aromatic heterocycles. The predicted molar refractivity (Wildman–Crippen MR) is 147 cm³/mol. The van der Waals surface area contributed by atoms with Crippen molar-refractivity contribution in [1.82, 2.24) is 9.97 Å². The zero-order valence-corrected chi connectivity index (χ0v) is 21.8. The van der Waals surface area contributed by atoms with Crippen LogP contribution < -0.4 is 0 Å². The Kier molecular flexibility index (Phi) is 6.47. The molecule has 6 rings (SSSR count). The van der Waals surface area contributed by atoms with E-state index in [-0.39, 0.29) is 0 Å². The minimum Gasteiger partial charge on any atom is -0.252 e. The van der Waals surface area contributed by atoms with Crippen LogP contribution in [0.4, 0.5) is 26.3 Å². The number of thiophene rings is 2. The molecular formula is C30H16F6N2S2. The summed E-state index contributed by atoms with van der Waals surface area (Å²) in [6.07, 6.45) is -5.58. The van der Waals surface area contributed by atoms with Gasteiger partial charge >= 0.3 is 12.4 Å². The topological polar surface area (TPSA) is 25.8 Å². The fourth-order valence-electron chi connectivity index (χ4n) is 4.38. The lowest BCUT2D eigenvalue weighted by atomic mass is 10.0. The van der Waals surface area contributed by atoms with E-state index >= 15 is 0 Å². The van der Waals surface area contributed by atoms with Crippen molar-refractivity contribution >= 4 is 33.7 Å². The van der Waals surface area contributed by atoms with Crippen LogP contribution in [0.15, 0.2) is 97.3 Å². The SMILES string of the molecule is FC(F)(F)c1ccc(-c2ccc(-c3ccc(-c4ccc(-c5ccc(C(F)(F)F)cc5)s4)c4nccnc34)s2)cc1. The molecule has 0 fully saturated rings. The zero-order chi connectivity index (χ0) is 28.1. The van der Waals surface area contributed by atoms with Crippen LogP contribution in [0, 0.1) is 0 Å². The Labute approximate surface area is 232 Å². The monoisotopic (exact) mass is 582 g/mol. The van der Waals surface area contributed by atoms with Crippen molar-refractivity contribution < 1.29 is 26.3 Å². The maximum atomic E-state index is 12.9. The molecule has 0 N–H and O–H groups in total. The number of fused-ring (bicyclic) bond motifs is 1. The van der Waals surface area contributed by atoms with Gasteiger partial charge in [0, 0.05) is 43.0 Å². The van der Waals surface area contributed by atoms with Gasteiger partial charge in [0.05, 0.1) is 22.2 Å². The fraction of sp³-hybridized carbons (Fsp3) is 0.0667. The standard InChI is InChI=1S/C30H16F6N2S2/c31-29(32,33)19-5-1-17(2-6-19)23-11-13-25(39-23)21-9-10-22(28-27(21)37-15-16-38-28)26-14-12-24(40-26)18-3-7-20(8-4-18)30(34,35)36/h1-16H. The second-order valence-electron chi connectivity index (χ2n) is 8.89. The predicted octanol–water partition coefficient (Wildman–Crippen LogP) is 10.5. The lowest BCUT2D eigenvalue weighted by Gasteiger charge is -2.08. The van der Waals surface area contributed by atoms with E-state index in [1.54, 1.807) is 12.4 Å². The Balaban J connectivity index is 1.33. The Morgan fingerprint density at radius 2 is 0.775 bits per heavy atom. The Morgan fingerprint density at radius 1 is 0.425 bits per heavy atom. The van der Waals surface area contributed by atoms with Gasteiger partial charge in [-0.1, -0.05) is 36.4 Å². The van der Waals surface area contributed by atoms with E-state index in [1.165, 1.54) is 46.9 Å². The Morgan fingerprint density at radius 3 is 1.12 bits per heavy atom. The van der Waals surface area contributed by atoms with Gasteiger partial charge in [-0.25, -0.2) is 0 Å². The van der Waals surface area contributed by atoms with Crippen molar-refractivity contribution in [2.45, 2.75) is 12.4 Å². The number of halogens is 6.